The molecule has 1 saturated heterocycles. The van der Waals surface area contributed by atoms with Crippen molar-refractivity contribution in [1.82, 2.24) is 24.6 Å². The minimum absolute atomic E-state index is 0.0707. The number of aromatic nitrogens is 4. The molecule has 5 rings (SSSR count). The Morgan fingerprint density at radius 3 is 2.53 bits per heavy atom. The predicted octanol–water partition coefficient (Wildman–Crippen LogP) is 2.41. The number of phenols is 1. The molecule has 1 fully saturated rings. The molecule has 1 aliphatic rings. The first-order valence-electron chi connectivity index (χ1n) is 11.7. The summed E-state index contributed by atoms with van der Waals surface area (Å²) >= 11 is 0. The molecule has 0 aliphatic carbocycles. The van der Waals surface area contributed by atoms with Crippen molar-refractivity contribution in [1.29, 1.82) is 0 Å². The van der Waals surface area contributed by atoms with E-state index in [1.807, 2.05) is 12.1 Å². The molecule has 4 aromatic rings. The number of aliphatic hydroxyl groups is 1. The van der Waals surface area contributed by atoms with Crippen LogP contribution in [0.3, 0.4) is 0 Å². The van der Waals surface area contributed by atoms with Gasteiger partial charge >= 0.3 is 5.69 Å². The van der Waals surface area contributed by atoms with Gasteiger partial charge < -0.3 is 25.6 Å². The number of carbonyl (C=O) groups is 1. The Hall–Kier alpha value is -4.38. The smallest absolute Gasteiger partial charge is 0.348 e. The summed E-state index contributed by atoms with van der Waals surface area (Å²) < 4.78 is 7.52. The fourth-order valence-electron chi connectivity index (χ4n) is 4.50. The molecule has 1 atom stereocenters. The number of aromatic amines is 1. The number of piperidine rings is 1. The van der Waals surface area contributed by atoms with Crippen molar-refractivity contribution in [2.75, 3.05) is 25.4 Å². The number of aliphatic hydroxyl groups excluding tert-OH is 1. The molecule has 0 bridgehead atoms. The van der Waals surface area contributed by atoms with E-state index in [4.69, 9.17) is 20.7 Å². The Balaban J connectivity index is 1.49. The molecule has 2 aromatic carbocycles. The lowest BCUT2D eigenvalue weighted by molar-refractivity contribution is -0.133. The van der Waals surface area contributed by atoms with Gasteiger partial charge in [-0.2, -0.15) is 10.1 Å². The van der Waals surface area contributed by atoms with E-state index >= 15 is 0 Å². The number of nitrogens with zero attached hydrogens (tertiary/aromatic N) is 4. The van der Waals surface area contributed by atoms with E-state index in [-0.39, 0.29) is 36.5 Å². The third-order valence-corrected chi connectivity index (χ3v) is 6.22. The second-order valence-electron chi connectivity index (χ2n) is 8.68. The fourth-order valence-corrected chi connectivity index (χ4v) is 4.50. The van der Waals surface area contributed by atoms with Crippen molar-refractivity contribution in [3.63, 3.8) is 0 Å². The number of ether oxygens (including phenoxy) is 1. The van der Waals surface area contributed by atoms with Crippen molar-refractivity contribution >= 4 is 22.8 Å². The molecule has 11 nitrogen and oxygen atoms in total. The second-order valence-corrected chi connectivity index (χ2v) is 8.68. The third-order valence-electron chi connectivity index (χ3n) is 6.22. The zero-order valence-corrected chi connectivity index (χ0v) is 19.4. The molecule has 2 aromatic heterocycles. The number of anilines is 1. The summed E-state index contributed by atoms with van der Waals surface area (Å²) in [5.74, 6) is 1.38. The maximum Gasteiger partial charge on any atom is 0.348 e. The standard InChI is InChI=1S/C25H26N6O5/c26-23-21-22(15-3-7-18(8-4-15)36-19-9-5-17(33)6-10-19)29-31(24(21)28-25(35)27-23)16-2-1-12-30(14-16)20(34)11-13-32/h3-10,16,32-33H,1-2,11-14H2,(H3,26,27,28,35). The van der Waals surface area contributed by atoms with Gasteiger partial charge in [-0.15, -0.1) is 0 Å². The number of phenolic OH excluding ortho intramolecular Hbond substituents is 1. The summed E-state index contributed by atoms with van der Waals surface area (Å²) in [6, 6.07) is 13.5. The lowest BCUT2D eigenvalue weighted by Gasteiger charge is -2.33. The highest BCUT2D eigenvalue weighted by Crippen LogP contribution is 2.34. The van der Waals surface area contributed by atoms with Gasteiger partial charge in [0, 0.05) is 25.1 Å². The minimum atomic E-state index is -0.575. The van der Waals surface area contributed by atoms with Crippen LogP contribution in [-0.4, -0.2) is 60.5 Å². The van der Waals surface area contributed by atoms with Crippen molar-refractivity contribution < 1.29 is 19.7 Å². The molecule has 1 amide bonds. The highest BCUT2D eigenvalue weighted by molar-refractivity contribution is 5.98. The molecule has 0 spiro atoms. The predicted molar refractivity (Wildman–Crippen MR) is 133 cm³/mol. The van der Waals surface area contributed by atoms with Crippen LogP contribution in [0.2, 0.25) is 0 Å². The van der Waals surface area contributed by atoms with E-state index in [9.17, 15) is 14.7 Å². The Kier molecular flexibility index (Phi) is 6.30. The van der Waals surface area contributed by atoms with E-state index < -0.39 is 5.69 Å². The molecule has 11 heteroatoms. The monoisotopic (exact) mass is 490 g/mol. The SMILES string of the molecule is Nc1[nH]c(=O)nc2c1c(-c1ccc(Oc3ccc(O)cc3)cc1)nn2C1CCCN(C(=O)CCO)C1. The first-order valence-corrected chi connectivity index (χ1v) is 11.7. The number of rotatable bonds is 6. The molecule has 0 saturated carbocycles. The third kappa shape index (κ3) is 4.60. The van der Waals surface area contributed by atoms with Crippen LogP contribution >= 0.6 is 0 Å². The molecule has 5 N–H and O–H groups in total. The van der Waals surface area contributed by atoms with Crippen LogP contribution in [-0.2, 0) is 4.79 Å². The molecule has 1 aliphatic heterocycles. The Bertz CT molecular complexity index is 1450. The van der Waals surface area contributed by atoms with E-state index in [0.717, 1.165) is 18.4 Å². The molecular formula is C25H26N6O5. The van der Waals surface area contributed by atoms with Crippen molar-refractivity contribution in [2.24, 2.45) is 0 Å². The number of aromatic hydroxyl groups is 1. The van der Waals surface area contributed by atoms with Crippen LogP contribution in [0.25, 0.3) is 22.3 Å². The highest BCUT2D eigenvalue weighted by Gasteiger charge is 2.28. The molecular weight excluding hydrogens is 464 g/mol. The number of hydrogen-bond donors (Lipinski definition) is 4. The number of fused-ring (bicyclic) bond motifs is 1. The molecule has 186 valence electrons. The first-order chi connectivity index (χ1) is 17.4. The Morgan fingerprint density at radius 1 is 1.14 bits per heavy atom. The first kappa shape index (κ1) is 23.4. The summed E-state index contributed by atoms with van der Waals surface area (Å²) in [7, 11) is 0. The molecule has 0 radical (unpaired) electrons. The minimum Gasteiger partial charge on any atom is -0.508 e. The Labute approximate surface area is 205 Å². The van der Waals surface area contributed by atoms with Crippen LogP contribution < -0.4 is 16.2 Å². The normalized spacial score (nSPS) is 15.8. The van der Waals surface area contributed by atoms with Gasteiger partial charge in [0.1, 0.15) is 28.8 Å². The van der Waals surface area contributed by atoms with Gasteiger partial charge in [-0.1, -0.05) is 0 Å². The summed E-state index contributed by atoms with van der Waals surface area (Å²) in [6.07, 6.45) is 1.59. The second kappa shape index (κ2) is 9.70. The topological polar surface area (TPSA) is 160 Å². The zero-order valence-electron chi connectivity index (χ0n) is 19.4. The number of H-pyrrole nitrogens is 1. The van der Waals surface area contributed by atoms with E-state index in [2.05, 4.69) is 9.97 Å². The van der Waals surface area contributed by atoms with Gasteiger partial charge in [0.05, 0.1) is 18.0 Å². The van der Waals surface area contributed by atoms with Gasteiger partial charge in [-0.25, -0.2) is 9.48 Å². The average molecular weight is 491 g/mol. The molecule has 36 heavy (non-hydrogen) atoms. The van der Waals surface area contributed by atoms with E-state index in [1.165, 1.54) is 0 Å². The van der Waals surface area contributed by atoms with Crippen LogP contribution in [0, 0.1) is 0 Å². The summed E-state index contributed by atoms with van der Waals surface area (Å²) in [6.45, 7) is 0.817. The lowest BCUT2D eigenvalue weighted by atomic mass is 10.1. The van der Waals surface area contributed by atoms with Crippen LogP contribution in [0.5, 0.6) is 17.2 Å². The van der Waals surface area contributed by atoms with Gasteiger partial charge in [0.25, 0.3) is 0 Å². The maximum atomic E-state index is 12.4. The zero-order chi connectivity index (χ0) is 25.2. The highest BCUT2D eigenvalue weighted by atomic mass is 16.5. The maximum absolute atomic E-state index is 12.4. The van der Waals surface area contributed by atoms with Gasteiger partial charge in [-0.3, -0.25) is 9.78 Å². The summed E-state index contributed by atoms with van der Waals surface area (Å²) in [5.41, 5.74) is 7.30. The molecule has 3 heterocycles. The summed E-state index contributed by atoms with van der Waals surface area (Å²) in [5, 5.41) is 23.9. The lowest BCUT2D eigenvalue weighted by Crippen LogP contribution is -2.41. The number of carbonyl (C=O) groups excluding carboxylic acids is 1. The number of hydrogen-bond acceptors (Lipinski definition) is 8. The number of benzene rings is 2. The van der Waals surface area contributed by atoms with E-state index in [0.29, 0.717) is 41.3 Å². The van der Waals surface area contributed by atoms with Crippen molar-refractivity contribution in [2.45, 2.75) is 25.3 Å². The average Bonchev–Trinajstić information content (AvgIpc) is 3.26. The van der Waals surface area contributed by atoms with E-state index in [1.54, 1.807) is 46.0 Å². The quantitative estimate of drug-likeness (QED) is 0.321. The number of likely N-dealkylation sites (tertiary alicyclic amines) is 1. The largest absolute Gasteiger partial charge is 0.508 e. The Morgan fingerprint density at radius 2 is 1.83 bits per heavy atom. The van der Waals surface area contributed by atoms with Crippen LogP contribution in [0.15, 0.2) is 53.3 Å². The van der Waals surface area contributed by atoms with Crippen molar-refractivity contribution in [3.05, 3.63) is 59.0 Å². The van der Waals surface area contributed by atoms with Gasteiger partial charge in [0.15, 0.2) is 5.65 Å². The number of nitrogen functional groups attached to an aromatic ring is 1. The van der Waals surface area contributed by atoms with Gasteiger partial charge in [0.2, 0.25) is 5.91 Å². The van der Waals surface area contributed by atoms with Crippen LogP contribution in [0.4, 0.5) is 5.82 Å². The number of amides is 1. The summed E-state index contributed by atoms with van der Waals surface area (Å²) in [4.78, 5) is 33.0. The molecule has 1 unspecified atom stereocenters. The number of nitrogens with two attached hydrogens (primary N) is 1. The van der Waals surface area contributed by atoms with Crippen LogP contribution in [0.1, 0.15) is 25.3 Å². The van der Waals surface area contributed by atoms with Gasteiger partial charge in [-0.05, 0) is 61.4 Å². The fraction of sp³-hybridized carbons (Fsp3) is 0.280. The van der Waals surface area contributed by atoms with Crippen molar-refractivity contribution in [3.8, 4) is 28.5 Å². The number of nitrogens with one attached hydrogen (secondary N) is 1.